The maximum atomic E-state index is 11.7. The van der Waals surface area contributed by atoms with Gasteiger partial charge in [0.2, 0.25) is 0 Å². The molecular formula is C15H12O5S. The van der Waals surface area contributed by atoms with E-state index < -0.39 is 11.9 Å². The van der Waals surface area contributed by atoms with Gasteiger partial charge < -0.3 is 9.47 Å². The van der Waals surface area contributed by atoms with Gasteiger partial charge in [-0.2, -0.15) is 0 Å². The molecule has 0 amide bonds. The number of ether oxygens (including phenoxy) is 2. The van der Waals surface area contributed by atoms with Gasteiger partial charge in [0, 0.05) is 9.80 Å². The highest BCUT2D eigenvalue weighted by molar-refractivity contribution is 8.03. The van der Waals surface area contributed by atoms with E-state index in [9.17, 15) is 4.79 Å². The topological polar surface area (TPSA) is 60.6 Å². The van der Waals surface area contributed by atoms with Gasteiger partial charge in [-0.1, -0.05) is 17.8 Å². The Morgan fingerprint density at radius 2 is 2.24 bits per heavy atom. The summed E-state index contributed by atoms with van der Waals surface area (Å²) in [6, 6.07) is 5.30. The third kappa shape index (κ3) is 2.07. The fourth-order valence-corrected chi connectivity index (χ4v) is 3.54. The van der Waals surface area contributed by atoms with Crippen LogP contribution in [-0.4, -0.2) is 13.1 Å². The number of carbonyl (C=O) groups is 1. The van der Waals surface area contributed by atoms with Gasteiger partial charge in [0.05, 0.1) is 18.2 Å². The van der Waals surface area contributed by atoms with Crippen LogP contribution in [-0.2, 0) is 25.2 Å². The lowest BCUT2D eigenvalue weighted by molar-refractivity contribution is -0.00914. The van der Waals surface area contributed by atoms with E-state index >= 15 is 0 Å². The number of allylic oxidation sites excluding steroid dienone is 3. The molecule has 1 aromatic carbocycles. The van der Waals surface area contributed by atoms with Gasteiger partial charge >= 0.3 is 11.9 Å². The molecule has 1 spiro atoms. The van der Waals surface area contributed by atoms with E-state index in [4.69, 9.17) is 19.2 Å². The van der Waals surface area contributed by atoms with Gasteiger partial charge in [0.15, 0.2) is 0 Å². The van der Waals surface area contributed by atoms with E-state index in [-0.39, 0.29) is 0 Å². The van der Waals surface area contributed by atoms with E-state index in [2.05, 4.69) is 6.08 Å². The van der Waals surface area contributed by atoms with Gasteiger partial charge in [0.1, 0.15) is 5.76 Å². The minimum absolute atomic E-state index is 0.402. The van der Waals surface area contributed by atoms with Crippen LogP contribution in [0.1, 0.15) is 28.8 Å². The Balaban J connectivity index is 1.80. The van der Waals surface area contributed by atoms with Crippen molar-refractivity contribution in [3.8, 4) is 0 Å². The molecule has 0 N–H and O–H groups in total. The molecule has 0 unspecified atom stereocenters. The number of fused-ring (bicyclic) bond motifs is 2. The number of hydrogen-bond donors (Lipinski definition) is 0. The number of carbonyl (C=O) groups excluding carboxylic acids is 1. The van der Waals surface area contributed by atoms with Crippen molar-refractivity contribution in [3.05, 3.63) is 52.1 Å². The average molecular weight is 304 g/mol. The number of methoxy groups -OCH3 is 1. The summed E-state index contributed by atoms with van der Waals surface area (Å²) in [5.74, 6) is -0.870. The van der Waals surface area contributed by atoms with Gasteiger partial charge in [-0.3, -0.25) is 0 Å². The smallest absolute Gasteiger partial charge is 0.411 e. The first-order chi connectivity index (χ1) is 10.2. The first-order valence-electron chi connectivity index (χ1n) is 6.58. The van der Waals surface area contributed by atoms with E-state index in [1.807, 2.05) is 12.1 Å². The molecule has 2 heterocycles. The molecule has 5 nitrogen and oxygen atoms in total. The molecule has 21 heavy (non-hydrogen) atoms. The molecule has 1 fully saturated rings. The summed E-state index contributed by atoms with van der Waals surface area (Å²) in [5, 5.41) is 0. The molecule has 0 saturated carbocycles. The van der Waals surface area contributed by atoms with Gasteiger partial charge in [-0.15, -0.1) is 9.78 Å². The van der Waals surface area contributed by atoms with Crippen LogP contribution in [0.25, 0.3) is 0 Å². The maximum Gasteiger partial charge on any atom is 0.411 e. The van der Waals surface area contributed by atoms with Crippen LogP contribution in [0.2, 0.25) is 0 Å². The number of rotatable bonds is 1. The van der Waals surface area contributed by atoms with Crippen molar-refractivity contribution in [1.29, 1.82) is 0 Å². The normalized spacial score (nSPS) is 21.2. The zero-order chi connectivity index (χ0) is 14.4. The minimum Gasteiger partial charge on any atom is -0.465 e. The van der Waals surface area contributed by atoms with E-state index in [1.54, 1.807) is 23.9 Å². The summed E-state index contributed by atoms with van der Waals surface area (Å²) in [6.45, 7) is 0. The summed E-state index contributed by atoms with van der Waals surface area (Å²) >= 11 is 1.62. The van der Waals surface area contributed by atoms with Crippen LogP contribution in [0.4, 0.5) is 0 Å². The standard InChI is InChI=1S/C15H12O5S/c1-17-14(16)9-6-7-12-10(8-9)15(19-20-15)18-11-4-2-3-5-13(11)21-12/h2,4,6-8H,3,5H2,1H3. The fraction of sp³-hybridized carbons (Fsp3) is 0.267. The van der Waals surface area contributed by atoms with E-state index in [1.165, 1.54) is 7.11 Å². The van der Waals surface area contributed by atoms with Crippen LogP contribution >= 0.6 is 11.8 Å². The van der Waals surface area contributed by atoms with Crippen molar-refractivity contribution in [3.63, 3.8) is 0 Å². The summed E-state index contributed by atoms with van der Waals surface area (Å²) < 4.78 is 10.6. The third-order valence-corrected chi connectivity index (χ3v) is 4.75. The molecule has 0 radical (unpaired) electrons. The van der Waals surface area contributed by atoms with E-state index in [0.29, 0.717) is 11.1 Å². The molecule has 2 aliphatic heterocycles. The average Bonchev–Trinajstić information content (AvgIpc) is 3.31. The van der Waals surface area contributed by atoms with Crippen molar-refractivity contribution >= 4 is 17.7 Å². The number of benzene rings is 1. The highest BCUT2D eigenvalue weighted by Gasteiger charge is 2.58. The molecule has 6 heteroatoms. The van der Waals surface area contributed by atoms with Crippen LogP contribution in [0.15, 0.2) is 45.9 Å². The maximum absolute atomic E-state index is 11.7. The zero-order valence-electron chi connectivity index (χ0n) is 11.3. The van der Waals surface area contributed by atoms with Crippen LogP contribution < -0.4 is 0 Å². The fourth-order valence-electron chi connectivity index (χ4n) is 2.41. The minimum atomic E-state index is -1.23. The molecule has 1 saturated heterocycles. The summed E-state index contributed by atoms with van der Waals surface area (Å²) in [6.07, 6.45) is 5.90. The predicted molar refractivity (Wildman–Crippen MR) is 74.0 cm³/mol. The second kappa shape index (κ2) is 4.62. The number of hydrogen-bond acceptors (Lipinski definition) is 6. The SMILES string of the molecule is COC(=O)c1ccc2c(c1)C1(OO1)OC1=C(CCC=C1)S2. The monoisotopic (exact) mass is 304 g/mol. The quantitative estimate of drug-likeness (QED) is 0.451. The van der Waals surface area contributed by atoms with Crippen LogP contribution in [0.3, 0.4) is 0 Å². The first kappa shape index (κ1) is 12.9. The van der Waals surface area contributed by atoms with Gasteiger partial charge in [-0.25, -0.2) is 4.79 Å². The second-order valence-corrected chi connectivity index (χ2v) is 5.99. The predicted octanol–water partition coefficient (Wildman–Crippen LogP) is 3.23. The highest BCUT2D eigenvalue weighted by atomic mass is 32.2. The Labute approximate surface area is 125 Å². The van der Waals surface area contributed by atoms with Gasteiger partial charge in [-0.05, 0) is 37.1 Å². The molecular weight excluding hydrogens is 292 g/mol. The molecule has 0 aromatic heterocycles. The highest BCUT2D eigenvalue weighted by Crippen LogP contribution is 2.53. The Hall–Kier alpha value is -1.76. The van der Waals surface area contributed by atoms with Crippen molar-refractivity contribution in [2.45, 2.75) is 23.7 Å². The molecule has 108 valence electrons. The Kier molecular flexibility index (Phi) is 2.85. The van der Waals surface area contributed by atoms with Crippen molar-refractivity contribution < 1.29 is 24.0 Å². The second-order valence-electron chi connectivity index (χ2n) is 4.86. The lowest BCUT2D eigenvalue weighted by atomic mass is 10.1. The lowest BCUT2D eigenvalue weighted by Gasteiger charge is -2.13. The van der Waals surface area contributed by atoms with E-state index in [0.717, 1.165) is 28.4 Å². The third-order valence-electron chi connectivity index (χ3n) is 3.52. The van der Waals surface area contributed by atoms with Crippen LogP contribution in [0, 0.1) is 0 Å². The van der Waals surface area contributed by atoms with Gasteiger partial charge in [0.25, 0.3) is 0 Å². The molecule has 3 aliphatic rings. The Morgan fingerprint density at radius 1 is 1.38 bits per heavy atom. The molecule has 4 rings (SSSR count). The molecule has 1 aromatic rings. The largest absolute Gasteiger partial charge is 0.465 e. The Morgan fingerprint density at radius 3 is 3.00 bits per heavy atom. The summed E-state index contributed by atoms with van der Waals surface area (Å²) in [4.78, 5) is 24.0. The van der Waals surface area contributed by atoms with Crippen LogP contribution in [0.5, 0.6) is 0 Å². The number of esters is 1. The first-order valence-corrected chi connectivity index (χ1v) is 7.40. The molecule has 0 bridgehead atoms. The van der Waals surface area contributed by atoms with Crippen molar-refractivity contribution in [2.24, 2.45) is 0 Å². The molecule has 1 aliphatic carbocycles. The van der Waals surface area contributed by atoms with Crippen molar-refractivity contribution in [1.82, 2.24) is 0 Å². The summed E-state index contributed by atoms with van der Waals surface area (Å²) in [5.41, 5.74) is 1.13. The number of thioether (sulfide) groups is 1. The van der Waals surface area contributed by atoms with Crippen molar-refractivity contribution in [2.75, 3.05) is 7.11 Å². The Bertz CT molecular complexity index is 687. The zero-order valence-corrected chi connectivity index (χ0v) is 12.1. The summed E-state index contributed by atoms with van der Waals surface area (Å²) in [7, 11) is 1.35. The lowest BCUT2D eigenvalue weighted by Crippen LogP contribution is -2.14. The molecule has 0 atom stereocenters.